The molecule has 0 unspecified atom stereocenters. The predicted molar refractivity (Wildman–Crippen MR) is 161 cm³/mol. The molecule has 5 rings (SSSR count). The van der Waals surface area contributed by atoms with E-state index in [1.807, 2.05) is 0 Å². The van der Waals surface area contributed by atoms with Gasteiger partial charge in [0.2, 0.25) is 5.88 Å². The fourth-order valence-electron chi connectivity index (χ4n) is 5.02. The number of benzene rings is 2. The Labute approximate surface area is 258 Å². The maximum atomic E-state index is 16.0. The number of piperidine rings is 1. The number of hydrogen-bond donors (Lipinski definition) is 2. The van der Waals surface area contributed by atoms with Crippen LogP contribution in [0, 0.1) is 0 Å². The summed E-state index contributed by atoms with van der Waals surface area (Å²) in [6.07, 6.45) is -2.77. The van der Waals surface area contributed by atoms with Gasteiger partial charge in [-0.15, -0.1) is 0 Å². The van der Waals surface area contributed by atoms with Crippen LogP contribution in [0.4, 0.5) is 22.4 Å². The van der Waals surface area contributed by atoms with Crippen LogP contribution in [0.3, 0.4) is 0 Å². The van der Waals surface area contributed by atoms with Gasteiger partial charge in [-0.3, -0.25) is 14.5 Å². The van der Waals surface area contributed by atoms with Crippen molar-refractivity contribution in [2.45, 2.75) is 57.6 Å². The monoisotopic (exact) mass is 652 g/mol. The van der Waals surface area contributed by atoms with Crippen LogP contribution in [0.15, 0.2) is 47.4 Å². The minimum Gasteiger partial charge on any atom is -0.493 e. The highest BCUT2D eigenvalue weighted by Gasteiger charge is 2.39. The molecule has 14 heteroatoms. The molecule has 0 saturated carbocycles. The number of nitrogens with one attached hydrogen (secondary N) is 1. The standard InChI is InChI=1S/C30H29ClF4N4O4S/c1-28(2,3)43-26(41)38-10-8-29(32,9-11-38)16-39-25(40)24(44-27(39)42)21(17-5-7-23-19(12-17)15-36-37-23)13-18-4-6-20(31)14-22(18)30(33,34)35/h4-7,12-15,40H,8-11,16H2,1-3H3,(H,36,37). The number of amides is 1. The Morgan fingerprint density at radius 2 is 1.89 bits per heavy atom. The molecule has 234 valence electrons. The van der Waals surface area contributed by atoms with E-state index in [9.17, 15) is 27.9 Å². The molecule has 1 aliphatic heterocycles. The summed E-state index contributed by atoms with van der Waals surface area (Å²) in [5, 5.41) is 18.6. The Balaban J connectivity index is 1.52. The van der Waals surface area contributed by atoms with Gasteiger partial charge >= 0.3 is 17.1 Å². The Morgan fingerprint density at radius 1 is 1.18 bits per heavy atom. The van der Waals surface area contributed by atoms with Gasteiger partial charge in [0.15, 0.2) is 0 Å². The summed E-state index contributed by atoms with van der Waals surface area (Å²) >= 11 is 6.47. The van der Waals surface area contributed by atoms with Gasteiger partial charge in [-0.1, -0.05) is 35.1 Å². The Kier molecular flexibility index (Phi) is 8.31. The number of fused-ring (bicyclic) bond motifs is 1. The smallest absolute Gasteiger partial charge is 0.417 e. The van der Waals surface area contributed by atoms with Crippen LogP contribution in [0.25, 0.3) is 22.6 Å². The second-order valence-electron chi connectivity index (χ2n) is 11.7. The molecular formula is C30H29ClF4N4O4S. The molecule has 1 amide bonds. The third kappa shape index (κ3) is 6.78. The normalized spacial score (nSPS) is 16.0. The fraction of sp³-hybridized carbons (Fsp3) is 0.367. The van der Waals surface area contributed by atoms with E-state index < -0.39 is 46.4 Å². The van der Waals surface area contributed by atoms with Crippen LogP contribution in [-0.2, 0) is 17.5 Å². The molecule has 2 aromatic carbocycles. The highest BCUT2D eigenvalue weighted by molar-refractivity contribution is 7.11. The number of carbonyl (C=O) groups is 1. The minimum absolute atomic E-state index is 0.0317. The first-order chi connectivity index (χ1) is 20.5. The van der Waals surface area contributed by atoms with Crippen molar-refractivity contribution in [2.24, 2.45) is 0 Å². The molecule has 0 atom stereocenters. The molecule has 0 spiro atoms. The largest absolute Gasteiger partial charge is 0.493 e. The van der Waals surface area contributed by atoms with Crippen LogP contribution in [-0.4, -0.2) is 55.2 Å². The van der Waals surface area contributed by atoms with E-state index in [4.69, 9.17) is 16.3 Å². The van der Waals surface area contributed by atoms with Gasteiger partial charge in [-0.2, -0.15) is 18.3 Å². The fourth-order valence-corrected chi connectivity index (χ4v) is 6.11. The zero-order valence-electron chi connectivity index (χ0n) is 24.0. The number of alkyl halides is 4. The van der Waals surface area contributed by atoms with Crippen LogP contribution in [0.2, 0.25) is 5.02 Å². The van der Waals surface area contributed by atoms with Crippen LogP contribution < -0.4 is 4.87 Å². The lowest BCUT2D eigenvalue weighted by Crippen LogP contribution is -2.48. The SMILES string of the molecule is CC(C)(C)OC(=O)N1CCC(F)(Cn2c(O)c(C(=Cc3ccc(Cl)cc3C(F)(F)F)c3ccc4[nH]ncc4c3)sc2=O)CC1. The Hall–Kier alpha value is -3.84. The predicted octanol–water partition coefficient (Wildman–Crippen LogP) is 7.49. The lowest BCUT2D eigenvalue weighted by atomic mass is 9.93. The van der Waals surface area contributed by atoms with Crippen molar-refractivity contribution in [3.8, 4) is 5.88 Å². The van der Waals surface area contributed by atoms with E-state index in [0.717, 1.165) is 10.6 Å². The van der Waals surface area contributed by atoms with Crippen molar-refractivity contribution in [2.75, 3.05) is 13.1 Å². The quantitative estimate of drug-likeness (QED) is 0.172. The second-order valence-corrected chi connectivity index (χ2v) is 13.1. The van der Waals surface area contributed by atoms with Crippen molar-refractivity contribution < 1.29 is 32.2 Å². The number of aromatic nitrogens is 3. The summed E-state index contributed by atoms with van der Waals surface area (Å²) in [5.41, 5.74) is -2.71. The number of hydrogen-bond acceptors (Lipinski definition) is 6. The average molecular weight is 653 g/mol. The van der Waals surface area contributed by atoms with Gasteiger partial charge < -0.3 is 14.7 Å². The van der Waals surface area contributed by atoms with Crippen LogP contribution >= 0.6 is 22.9 Å². The number of nitrogens with zero attached hydrogens (tertiary/aromatic N) is 3. The molecule has 2 N–H and O–H groups in total. The number of carbonyl (C=O) groups excluding carboxylic acids is 1. The lowest BCUT2D eigenvalue weighted by Gasteiger charge is -2.37. The van der Waals surface area contributed by atoms with Gasteiger partial charge in [0, 0.05) is 41.9 Å². The van der Waals surface area contributed by atoms with Crippen molar-refractivity contribution in [1.82, 2.24) is 19.7 Å². The molecule has 3 heterocycles. The highest BCUT2D eigenvalue weighted by Crippen LogP contribution is 2.40. The zero-order valence-corrected chi connectivity index (χ0v) is 25.5. The Bertz CT molecular complexity index is 1800. The molecule has 1 saturated heterocycles. The van der Waals surface area contributed by atoms with Crippen LogP contribution in [0.5, 0.6) is 5.88 Å². The first-order valence-electron chi connectivity index (χ1n) is 13.6. The molecule has 0 bridgehead atoms. The molecule has 1 fully saturated rings. The number of aromatic hydroxyl groups is 1. The van der Waals surface area contributed by atoms with Crippen molar-refractivity contribution >= 4 is 51.6 Å². The van der Waals surface area contributed by atoms with E-state index in [2.05, 4.69) is 10.2 Å². The first-order valence-corrected chi connectivity index (χ1v) is 14.8. The number of likely N-dealkylation sites (tertiary alicyclic amines) is 1. The molecule has 1 aliphatic rings. The van der Waals surface area contributed by atoms with Crippen molar-refractivity contribution in [1.29, 1.82) is 0 Å². The van der Waals surface area contributed by atoms with Crippen LogP contribution in [0.1, 0.15) is 55.2 Å². The first kappa shape index (κ1) is 31.6. The number of halogens is 5. The number of rotatable bonds is 5. The van der Waals surface area contributed by atoms with Gasteiger partial charge in [0.05, 0.1) is 23.8 Å². The summed E-state index contributed by atoms with van der Waals surface area (Å²) < 4.78 is 64.2. The Morgan fingerprint density at radius 3 is 2.55 bits per heavy atom. The van der Waals surface area contributed by atoms with E-state index in [1.54, 1.807) is 39.0 Å². The second kappa shape index (κ2) is 11.6. The topological polar surface area (TPSA) is 100 Å². The summed E-state index contributed by atoms with van der Waals surface area (Å²) in [5.74, 6) is -0.576. The summed E-state index contributed by atoms with van der Waals surface area (Å²) in [4.78, 5) is 26.3. The number of aromatic amines is 1. The third-order valence-corrected chi connectivity index (χ3v) is 8.47. The average Bonchev–Trinajstić information content (AvgIpc) is 3.50. The molecule has 8 nitrogen and oxygen atoms in total. The van der Waals surface area contributed by atoms with Gasteiger partial charge in [-0.25, -0.2) is 9.18 Å². The molecule has 4 aromatic rings. The van der Waals surface area contributed by atoms with E-state index in [0.29, 0.717) is 27.8 Å². The van der Waals surface area contributed by atoms with Crippen molar-refractivity contribution in [3.05, 3.63) is 78.9 Å². The van der Waals surface area contributed by atoms with E-state index in [-0.39, 0.29) is 47.0 Å². The van der Waals surface area contributed by atoms with Gasteiger partial charge in [-0.05, 0) is 62.2 Å². The third-order valence-electron chi connectivity index (χ3n) is 7.24. The maximum Gasteiger partial charge on any atom is 0.417 e. The number of H-pyrrole nitrogens is 1. The van der Waals surface area contributed by atoms with Gasteiger partial charge in [0.1, 0.15) is 16.1 Å². The van der Waals surface area contributed by atoms with E-state index in [1.165, 1.54) is 29.3 Å². The summed E-state index contributed by atoms with van der Waals surface area (Å²) in [6.45, 7) is 4.77. The molecule has 0 radical (unpaired) electrons. The van der Waals surface area contributed by atoms with Crippen molar-refractivity contribution in [3.63, 3.8) is 0 Å². The summed E-state index contributed by atoms with van der Waals surface area (Å²) in [7, 11) is 0. The highest BCUT2D eigenvalue weighted by atomic mass is 35.5. The molecular weight excluding hydrogens is 624 g/mol. The number of thiazole rings is 1. The minimum atomic E-state index is -4.74. The molecule has 0 aliphatic carbocycles. The maximum absolute atomic E-state index is 16.0. The lowest BCUT2D eigenvalue weighted by molar-refractivity contribution is -0.137. The van der Waals surface area contributed by atoms with Gasteiger partial charge in [0.25, 0.3) is 0 Å². The summed E-state index contributed by atoms with van der Waals surface area (Å²) in [6, 6.07) is 8.26. The van der Waals surface area contributed by atoms with E-state index >= 15 is 4.39 Å². The zero-order chi connectivity index (χ0) is 32.0. The molecule has 44 heavy (non-hydrogen) atoms. The molecule has 2 aromatic heterocycles. The number of ether oxygens (including phenoxy) is 1.